The summed E-state index contributed by atoms with van der Waals surface area (Å²) in [5, 5.41) is 3.07. The van der Waals surface area contributed by atoms with Crippen LogP contribution in [0, 0.1) is 5.92 Å². The van der Waals surface area contributed by atoms with E-state index in [1.54, 1.807) is 0 Å². The number of nitrogens with two attached hydrogens (primary N) is 1. The SMILES string of the molecule is CCCCN1CCCCC1CNC(=O)C(N)C(C)CC. The first-order valence-corrected chi connectivity index (χ1v) is 8.37. The van der Waals surface area contributed by atoms with Gasteiger partial charge in [-0.1, -0.05) is 40.0 Å². The molecule has 0 aromatic carbocycles. The first-order valence-electron chi connectivity index (χ1n) is 8.37. The Morgan fingerprint density at radius 2 is 2.15 bits per heavy atom. The quantitative estimate of drug-likeness (QED) is 0.717. The topological polar surface area (TPSA) is 58.4 Å². The van der Waals surface area contributed by atoms with Crippen molar-refractivity contribution in [2.45, 2.75) is 71.4 Å². The number of carbonyl (C=O) groups excluding carboxylic acids is 1. The highest BCUT2D eigenvalue weighted by molar-refractivity contribution is 5.81. The lowest BCUT2D eigenvalue weighted by Gasteiger charge is -2.36. The molecule has 20 heavy (non-hydrogen) atoms. The molecule has 1 fully saturated rings. The lowest BCUT2D eigenvalue weighted by Crippen LogP contribution is -2.51. The van der Waals surface area contributed by atoms with Crippen LogP contribution in [0.3, 0.4) is 0 Å². The summed E-state index contributed by atoms with van der Waals surface area (Å²) >= 11 is 0. The third kappa shape index (κ3) is 5.41. The number of nitrogens with zero attached hydrogens (tertiary/aromatic N) is 1. The van der Waals surface area contributed by atoms with Gasteiger partial charge in [0.25, 0.3) is 0 Å². The first kappa shape index (κ1) is 17.4. The van der Waals surface area contributed by atoms with E-state index in [0.29, 0.717) is 6.04 Å². The van der Waals surface area contributed by atoms with Crippen LogP contribution < -0.4 is 11.1 Å². The standard InChI is InChI=1S/C16H33N3O/c1-4-6-10-19-11-8-7-9-14(19)12-18-16(20)15(17)13(3)5-2/h13-15H,4-12,17H2,1-3H3,(H,18,20). The monoisotopic (exact) mass is 283 g/mol. The lowest BCUT2D eigenvalue weighted by molar-refractivity contribution is -0.123. The van der Waals surface area contributed by atoms with Gasteiger partial charge in [0.2, 0.25) is 5.91 Å². The van der Waals surface area contributed by atoms with Gasteiger partial charge in [-0.25, -0.2) is 0 Å². The Morgan fingerprint density at radius 3 is 2.80 bits per heavy atom. The fourth-order valence-electron chi connectivity index (χ4n) is 2.80. The number of nitrogens with one attached hydrogen (secondary N) is 1. The van der Waals surface area contributed by atoms with Crippen LogP contribution in [-0.2, 0) is 4.79 Å². The van der Waals surface area contributed by atoms with E-state index in [1.807, 2.05) is 6.92 Å². The molecule has 0 aromatic heterocycles. The summed E-state index contributed by atoms with van der Waals surface area (Å²) in [6, 6.07) is 0.135. The van der Waals surface area contributed by atoms with Crippen molar-refractivity contribution in [3.05, 3.63) is 0 Å². The van der Waals surface area contributed by atoms with E-state index in [-0.39, 0.29) is 17.9 Å². The largest absolute Gasteiger partial charge is 0.353 e. The van der Waals surface area contributed by atoms with E-state index in [2.05, 4.69) is 24.1 Å². The van der Waals surface area contributed by atoms with Crippen LogP contribution >= 0.6 is 0 Å². The Hall–Kier alpha value is -0.610. The summed E-state index contributed by atoms with van der Waals surface area (Å²) < 4.78 is 0. The van der Waals surface area contributed by atoms with Crippen LogP contribution in [0.25, 0.3) is 0 Å². The number of hydrogen-bond donors (Lipinski definition) is 2. The molecule has 118 valence electrons. The Morgan fingerprint density at radius 1 is 1.40 bits per heavy atom. The third-order valence-corrected chi connectivity index (χ3v) is 4.62. The average molecular weight is 283 g/mol. The van der Waals surface area contributed by atoms with E-state index in [9.17, 15) is 4.79 Å². The van der Waals surface area contributed by atoms with Gasteiger partial charge >= 0.3 is 0 Å². The second kappa shape index (κ2) is 9.35. The van der Waals surface area contributed by atoms with Crippen LogP contribution in [0.1, 0.15) is 59.3 Å². The summed E-state index contributed by atoms with van der Waals surface area (Å²) in [6.07, 6.45) is 7.19. The van der Waals surface area contributed by atoms with Gasteiger partial charge in [-0.2, -0.15) is 0 Å². The molecule has 1 heterocycles. The van der Waals surface area contributed by atoms with E-state index in [1.165, 1.54) is 38.6 Å². The van der Waals surface area contributed by atoms with Crippen LogP contribution in [0.4, 0.5) is 0 Å². The number of hydrogen-bond acceptors (Lipinski definition) is 3. The van der Waals surface area contributed by atoms with Crippen molar-refractivity contribution in [2.75, 3.05) is 19.6 Å². The molecule has 0 spiro atoms. The molecule has 0 aromatic rings. The molecule has 1 saturated heterocycles. The van der Waals surface area contributed by atoms with Gasteiger partial charge in [0.05, 0.1) is 6.04 Å². The predicted octanol–water partition coefficient (Wildman–Crippen LogP) is 2.13. The molecule has 1 aliphatic rings. The molecule has 4 heteroatoms. The van der Waals surface area contributed by atoms with E-state index < -0.39 is 0 Å². The Kier molecular flexibility index (Phi) is 8.15. The number of piperidine rings is 1. The number of carbonyl (C=O) groups is 1. The zero-order chi connectivity index (χ0) is 15.0. The molecule has 0 bridgehead atoms. The lowest BCUT2D eigenvalue weighted by atomic mass is 9.98. The minimum Gasteiger partial charge on any atom is -0.353 e. The van der Waals surface area contributed by atoms with Gasteiger partial charge in [-0.15, -0.1) is 0 Å². The molecular weight excluding hydrogens is 250 g/mol. The molecule has 4 nitrogen and oxygen atoms in total. The average Bonchev–Trinajstić information content (AvgIpc) is 2.49. The normalized spacial score (nSPS) is 23.3. The smallest absolute Gasteiger partial charge is 0.237 e. The maximum Gasteiger partial charge on any atom is 0.237 e. The first-order chi connectivity index (χ1) is 9.60. The third-order valence-electron chi connectivity index (χ3n) is 4.62. The summed E-state index contributed by atoms with van der Waals surface area (Å²) in [4.78, 5) is 14.6. The van der Waals surface area contributed by atoms with Gasteiger partial charge in [0, 0.05) is 12.6 Å². The number of rotatable bonds is 8. The Bertz CT molecular complexity index is 283. The van der Waals surface area contributed by atoms with Crippen molar-refractivity contribution < 1.29 is 4.79 Å². The predicted molar refractivity (Wildman–Crippen MR) is 84.6 cm³/mol. The second-order valence-electron chi connectivity index (χ2n) is 6.20. The van der Waals surface area contributed by atoms with E-state index >= 15 is 0 Å². The van der Waals surface area contributed by atoms with Crippen LogP contribution in [0.2, 0.25) is 0 Å². The summed E-state index contributed by atoms with van der Waals surface area (Å²) in [6.45, 7) is 9.44. The summed E-state index contributed by atoms with van der Waals surface area (Å²) in [5.74, 6) is 0.262. The van der Waals surface area contributed by atoms with Crippen molar-refractivity contribution in [3.63, 3.8) is 0 Å². The van der Waals surface area contributed by atoms with E-state index in [4.69, 9.17) is 5.73 Å². The van der Waals surface area contributed by atoms with Crippen LogP contribution in [-0.4, -0.2) is 42.5 Å². The fraction of sp³-hybridized carbons (Fsp3) is 0.938. The highest BCUT2D eigenvalue weighted by Crippen LogP contribution is 2.17. The minimum absolute atomic E-state index is 0.0142. The van der Waals surface area contributed by atoms with Crippen molar-refractivity contribution in [3.8, 4) is 0 Å². The van der Waals surface area contributed by atoms with Crippen molar-refractivity contribution in [2.24, 2.45) is 11.7 Å². The Labute approximate surface area is 124 Å². The van der Waals surface area contributed by atoms with Crippen molar-refractivity contribution >= 4 is 5.91 Å². The summed E-state index contributed by atoms with van der Waals surface area (Å²) in [5.41, 5.74) is 5.98. The minimum atomic E-state index is -0.368. The van der Waals surface area contributed by atoms with Crippen LogP contribution in [0.5, 0.6) is 0 Å². The molecule has 0 radical (unpaired) electrons. The highest BCUT2D eigenvalue weighted by Gasteiger charge is 2.24. The molecule has 1 rings (SSSR count). The maximum absolute atomic E-state index is 12.1. The highest BCUT2D eigenvalue weighted by atomic mass is 16.2. The van der Waals surface area contributed by atoms with Crippen molar-refractivity contribution in [1.82, 2.24) is 10.2 Å². The number of amides is 1. The molecule has 3 atom stereocenters. The Balaban J connectivity index is 2.39. The van der Waals surface area contributed by atoms with Gasteiger partial charge in [-0.3, -0.25) is 9.69 Å². The number of likely N-dealkylation sites (tertiary alicyclic amines) is 1. The molecule has 0 saturated carbocycles. The van der Waals surface area contributed by atoms with Crippen molar-refractivity contribution in [1.29, 1.82) is 0 Å². The molecule has 3 unspecified atom stereocenters. The van der Waals surface area contributed by atoms with E-state index in [0.717, 1.165) is 19.5 Å². The second-order valence-corrected chi connectivity index (χ2v) is 6.20. The van der Waals surface area contributed by atoms with Crippen LogP contribution in [0.15, 0.2) is 0 Å². The fourth-order valence-corrected chi connectivity index (χ4v) is 2.80. The molecule has 1 aliphatic heterocycles. The zero-order valence-corrected chi connectivity index (χ0v) is 13.5. The molecule has 3 N–H and O–H groups in total. The molecule has 0 aliphatic carbocycles. The molecular formula is C16H33N3O. The van der Waals surface area contributed by atoms with Gasteiger partial charge in [-0.05, 0) is 38.3 Å². The molecule has 1 amide bonds. The van der Waals surface area contributed by atoms with Gasteiger partial charge in [0.1, 0.15) is 0 Å². The maximum atomic E-state index is 12.1. The summed E-state index contributed by atoms with van der Waals surface area (Å²) in [7, 11) is 0. The van der Waals surface area contributed by atoms with Gasteiger partial charge < -0.3 is 11.1 Å². The zero-order valence-electron chi connectivity index (χ0n) is 13.5. The van der Waals surface area contributed by atoms with Gasteiger partial charge in [0.15, 0.2) is 0 Å². The number of unbranched alkanes of at least 4 members (excludes halogenated alkanes) is 1.